The summed E-state index contributed by atoms with van der Waals surface area (Å²) in [6.45, 7) is 5.81. The highest BCUT2D eigenvalue weighted by molar-refractivity contribution is 4.94. The van der Waals surface area contributed by atoms with E-state index < -0.39 is 0 Å². The van der Waals surface area contributed by atoms with Crippen molar-refractivity contribution in [3.63, 3.8) is 0 Å². The molecule has 0 amide bonds. The van der Waals surface area contributed by atoms with Crippen molar-refractivity contribution in [2.75, 3.05) is 13.6 Å². The molecule has 1 atom stereocenters. The minimum atomic E-state index is 0.604. The fraction of sp³-hybridized carbons (Fsp3) is 0.909. The van der Waals surface area contributed by atoms with Crippen molar-refractivity contribution in [3.8, 4) is 0 Å². The Morgan fingerprint density at radius 1 is 0.625 bits per heavy atom. The Morgan fingerprint density at radius 3 is 1.54 bits per heavy atom. The van der Waals surface area contributed by atoms with Crippen molar-refractivity contribution in [2.24, 2.45) is 0 Å². The molecule has 0 aromatic carbocycles. The summed E-state index contributed by atoms with van der Waals surface area (Å²) in [6, 6.07) is 0. The van der Waals surface area contributed by atoms with Gasteiger partial charge in [0.25, 0.3) is 0 Å². The highest BCUT2D eigenvalue weighted by atomic mass is 15.4. The second-order valence-electron chi connectivity index (χ2n) is 7.69. The van der Waals surface area contributed by atoms with E-state index in [9.17, 15) is 0 Å². The van der Waals surface area contributed by atoms with Gasteiger partial charge in [0.05, 0.1) is 0 Å². The molecule has 0 N–H and O–H groups in total. The van der Waals surface area contributed by atoms with E-state index in [1.807, 2.05) is 0 Å². The van der Waals surface area contributed by atoms with E-state index in [1.54, 1.807) is 0 Å². The van der Waals surface area contributed by atoms with Crippen LogP contribution in [0.5, 0.6) is 0 Å². The predicted octanol–water partition coefficient (Wildman–Crippen LogP) is 6.92. The van der Waals surface area contributed by atoms with E-state index in [2.05, 4.69) is 43.1 Å². The van der Waals surface area contributed by atoms with Crippen LogP contribution in [0.3, 0.4) is 0 Å². The van der Waals surface area contributed by atoms with Gasteiger partial charge < -0.3 is 9.80 Å². The summed E-state index contributed by atoms with van der Waals surface area (Å²) >= 11 is 0. The molecule has 1 aliphatic heterocycles. The Hall–Kier alpha value is -0.660. The first-order chi connectivity index (χ1) is 11.8. The van der Waals surface area contributed by atoms with Crippen LogP contribution < -0.4 is 0 Å². The van der Waals surface area contributed by atoms with Crippen molar-refractivity contribution < 1.29 is 0 Å². The molecular formula is C22H44N2. The zero-order chi connectivity index (χ0) is 17.5. The zero-order valence-corrected chi connectivity index (χ0v) is 16.9. The number of unbranched alkanes of at least 4 members (excludes halogenated alkanes) is 13. The number of hydrogen-bond acceptors (Lipinski definition) is 2. The second-order valence-corrected chi connectivity index (χ2v) is 7.69. The van der Waals surface area contributed by atoms with E-state index in [-0.39, 0.29) is 0 Å². The summed E-state index contributed by atoms with van der Waals surface area (Å²) in [5.74, 6) is 0. The first-order valence-electron chi connectivity index (χ1n) is 11.0. The van der Waals surface area contributed by atoms with Crippen LogP contribution in [0.15, 0.2) is 12.4 Å². The van der Waals surface area contributed by atoms with E-state index in [1.165, 1.54) is 103 Å². The van der Waals surface area contributed by atoms with Gasteiger partial charge in [0.2, 0.25) is 0 Å². The fourth-order valence-corrected chi connectivity index (χ4v) is 3.86. The third kappa shape index (κ3) is 9.59. The van der Waals surface area contributed by atoms with Gasteiger partial charge in [-0.15, -0.1) is 0 Å². The largest absolute Gasteiger partial charge is 0.359 e. The number of hydrogen-bond donors (Lipinski definition) is 0. The molecule has 1 rings (SSSR count). The van der Waals surface area contributed by atoms with Gasteiger partial charge in [0.1, 0.15) is 6.17 Å². The van der Waals surface area contributed by atoms with E-state index >= 15 is 0 Å². The summed E-state index contributed by atoms with van der Waals surface area (Å²) in [4.78, 5) is 4.85. The third-order valence-corrected chi connectivity index (χ3v) is 5.48. The van der Waals surface area contributed by atoms with Crippen LogP contribution in [-0.2, 0) is 0 Å². The van der Waals surface area contributed by atoms with Gasteiger partial charge >= 0.3 is 0 Å². The quantitative estimate of drug-likeness (QED) is 0.282. The summed E-state index contributed by atoms with van der Waals surface area (Å²) in [7, 11) is 2.19. The predicted molar refractivity (Wildman–Crippen MR) is 108 cm³/mol. The number of rotatable bonds is 16. The molecule has 1 heterocycles. The maximum atomic E-state index is 2.51. The maximum absolute atomic E-state index is 2.51. The topological polar surface area (TPSA) is 6.48 Å². The Kier molecular flexibility index (Phi) is 13.1. The number of nitrogens with zero attached hydrogens (tertiary/aromatic N) is 2. The maximum Gasteiger partial charge on any atom is 0.100 e. The average Bonchev–Trinajstić information content (AvgIpc) is 2.95. The van der Waals surface area contributed by atoms with Crippen molar-refractivity contribution >= 4 is 0 Å². The molecule has 24 heavy (non-hydrogen) atoms. The minimum Gasteiger partial charge on any atom is -0.359 e. The highest BCUT2D eigenvalue weighted by Crippen LogP contribution is 2.18. The Morgan fingerprint density at radius 2 is 1.08 bits per heavy atom. The van der Waals surface area contributed by atoms with E-state index in [4.69, 9.17) is 0 Å². The van der Waals surface area contributed by atoms with Gasteiger partial charge in [-0.2, -0.15) is 0 Å². The molecule has 2 heteroatoms. The van der Waals surface area contributed by atoms with Crippen LogP contribution in [-0.4, -0.2) is 29.6 Å². The molecule has 0 aromatic rings. The molecule has 0 aromatic heterocycles. The van der Waals surface area contributed by atoms with Crippen LogP contribution in [0, 0.1) is 0 Å². The lowest BCUT2D eigenvalue weighted by atomic mass is 10.0. The standard InChI is InChI=1S/C22H44N2/c1-4-6-7-8-9-10-11-12-13-14-15-16-17-18-19-24-21-20-23(3)22(24)5-2/h20-22H,4-19H2,1-3H3. The Balaban J connectivity index is 1.79. The molecule has 0 bridgehead atoms. The van der Waals surface area contributed by atoms with Gasteiger partial charge in [0.15, 0.2) is 0 Å². The molecule has 1 aliphatic rings. The van der Waals surface area contributed by atoms with Crippen LogP contribution in [0.25, 0.3) is 0 Å². The van der Waals surface area contributed by atoms with Gasteiger partial charge in [-0.3, -0.25) is 0 Å². The average molecular weight is 337 g/mol. The minimum absolute atomic E-state index is 0.604. The van der Waals surface area contributed by atoms with Crippen LogP contribution >= 0.6 is 0 Å². The lowest BCUT2D eigenvalue weighted by Gasteiger charge is -2.29. The molecule has 0 fully saturated rings. The molecule has 0 saturated heterocycles. The molecule has 0 spiro atoms. The smallest absolute Gasteiger partial charge is 0.100 e. The summed E-state index contributed by atoms with van der Waals surface area (Å²) in [6.07, 6.45) is 26.5. The van der Waals surface area contributed by atoms with Gasteiger partial charge in [-0.05, 0) is 12.8 Å². The van der Waals surface area contributed by atoms with E-state index in [0.717, 1.165) is 0 Å². The van der Waals surface area contributed by atoms with Crippen molar-refractivity contribution in [1.29, 1.82) is 0 Å². The third-order valence-electron chi connectivity index (χ3n) is 5.48. The fourth-order valence-electron chi connectivity index (χ4n) is 3.86. The molecule has 0 radical (unpaired) electrons. The summed E-state index contributed by atoms with van der Waals surface area (Å²) in [5, 5.41) is 0. The van der Waals surface area contributed by atoms with Crippen molar-refractivity contribution in [2.45, 2.75) is 116 Å². The molecule has 0 aliphatic carbocycles. The molecular weight excluding hydrogens is 292 g/mol. The van der Waals surface area contributed by atoms with Gasteiger partial charge in [0, 0.05) is 26.0 Å². The monoisotopic (exact) mass is 336 g/mol. The van der Waals surface area contributed by atoms with Crippen LogP contribution in [0.1, 0.15) is 110 Å². The lowest BCUT2D eigenvalue weighted by Crippen LogP contribution is -2.36. The van der Waals surface area contributed by atoms with Gasteiger partial charge in [-0.1, -0.05) is 97.3 Å². The van der Waals surface area contributed by atoms with E-state index in [0.29, 0.717) is 6.17 Å². The van der Waals surface area contributed by atoms with Crippen molar-refractivity contribution in [3.05, 3.63) is 12.4 Å². The molecule has 0 saturated carbocycles. The second kappa shape index (κ2) is 14.7. The Labute approximate surface area is 152 Å². The lowest BCUT2D eigenvalue weighted by molar-refractivity contribution is 0.168. The first-order valence-corrected chi connectivity index (χ1v) is 11.0. The summed E-state index contributed by atoms with van der Waals surface area (Å²) in [5.41, 5.74) is 0. The normalized spacial score (nSPS) is 17.2. The molecule has 2 nitrogen and oxygen atoms in total. The summed E-state index contributed by atoms with van der Waals surface area (Å²) < 4.78 is 0. The van der Waals surface area contributed by atoms with Gasteiger partial charge in [-0.25, -0.2) is 0 Å². The van der Waals surface area contributed by atoms with Crippen molar-refractivity contribution in [1.82, 2.24) is 9.80 Å². The SMILES string of the molecule is CCCCCCCCCCCCCCCCN1C=CN(C)C1CC. The first kappa shape index (κ1) is 21.4. The Bertz CT molecular complexity index is 300. The van der Waals surface area contributed by atoms with Crippen LogP contribution in [0.4, 0.5) is 0 Å². The molecule has 142 valence electrons. The van der Waals surface area contributed by atoms with Crippen LogP contribution in [0.2, 0.25) is 0 Å². The molecule has 1 unspecified atom stereocenters. The zero-order valence-electron chi connectivity index (χ0n) is 16.9. The highest BCUT2D eigenvalue weighted by Gasteiger charge is 2.20.